The molecule has 8 nitrogen and oxygen atoms in total. The summed E-state index contributed by atoms with van der Waals surface area (Å²) in [4.78, 5) is 18.8. The Morgan fingerprint density at radius 2 is 1.82 bits per heavy atom. The molecule has 39 heavy (non-hydrogen) atoms. The molecule has 5 rings (SSSR count). The molecule has 3 N–H and O–H groups in total. The molecule has 1 saturated heterocycles. The van der Waals surface area contributed by atoms with E-state index < -0.39 is 12.2 Å². The SMILES string of the molecule is Cc1c(C(=O)NC(C)C)ccc2ccc(-c3nnc4ccc([C@@H](N5CCC(N)C5)C(F)(F)F)cn34)nc12.Cl.Cl. The molecule has 2 atom stereocenters. The van der Waals surface area contributed by atoms with Gasteiger partial charge in [0.25, 0.3) is 5.91 Å². The Kier molecular flexibility index (Phi) is 9.11. The lowest BCUT2D eigenvalue weighted by atomic mass is 10.0. The van der Waals surface area contributed by atoms with Gasteiger partial charge in [0, 0.05) is 42.3 Å². The van der Waals surface area contributed by atoms with Gasteiger partial charge < -0.3 is 11.1 Å². The molecule has 1 fully saturated rings. The number of nitrogens with two attached hydrogens (primary N) is 1. The summed E-state index contributed by atoms with van der Waals surface area (Å²) in [5, 5.41) is 12.1. The number of carbonyl (C=O) groups is 1. The van der Waals surface area contributed by atoms with Crippen molar-refractivity contribution in [2.75, 3.05) is 13.1 Å². The summed E-state index contributed by atoms with van der Waals surface area (Å²) in [6, 6.07) is 8.07. The van der Waals surface area contributed by atoms with Crippen LogP contribution in [-0.4, -0.2) is 61.7 Å². The maximum Gasteiger partial charge on any atom is 0.408 e. The molecular formula is C26H30Cl2F3N7O. The smallest absolute Gasteiger partial charge is 0.350 e. The van der Waals surface area contributed by atoms with Gasteiger partial charge in [-0.15, -0.1) is 35.0 Å². The molecule has 0 aliphatic carbocycles. The lowest BCUT2D eigenvalue weighted by molar-refractivity contribution is -0.183. The number of amides is 1. The van der Waals surface area contributed by atoms with Crippen LogP contribution in [0.3, 0.4) is 0 Å². The molecular weight excluding hydrogens is 554 g/mol. The molecule has 4 aromatic rings. The number of aromatic nitrogens is 4. The van der Waals surface area contributed by atoms with Crippen LogP contribution in [0.1, 0.15) is 47.8 Å². The summed E-state index contributed by atoms with van der Waals surface area (Å²) in [6.07, 6.45) is -2.53. The van der Waals surface area contributed by atoms with E-state index in [9.17, 15) is 18.0 Å². The zero-order valence-electron chi connectivity index (χ0n) is 21.6. The molecule has 1 aliphatic heterocycles. The number of nitrogens with zero attached hydrogens (tertiary/aromatic N) is 5. The van der Waals surface area contributed by atoms with Gasteiger partial charge in [0.2, 0.25) is 0 Å². The van der Waals surface area contributed by atoms with Crippen LogP contribution < -0.4 is 11.1 Å². The van der Waals surface area contributed by atoms with Crippen molar-refractivity contribution in [2.24, 2.45) is 5.73 Å². The number of nitrogens with one attached hydrogen (secondary N) is 1. The highest BCUT2D eigenvalue weighted by Crippen LogP contribution is 2.39. The maximum absolute atomic E-state index is 14.2. The summed E-state index contributed by atoms with van der Waals surface area (Å²) in [5.74, 6) is 0.119. The highest BCUT2D eigenvalue weighted by Gasteiger charge is 2.46. The fraction of sp³-hybridized carbons (Fsp3) is 0.385. The number of halogens is 5. The maximum atomic E-state index is 14.2. The number of alkyl halides is 3. The number of benzene rings is 1. The van der Waals surface area contributed by atoms with Gasteiger partial charge in [-0.3, -0.25) is 14.1 Å². The van der Waals surface area contributed by atoms with Gasteiger partial charge in [0.05, 0.1) is 5.52 Å². The van der Waals surface area contributed by atoms with E-state index in [1.54, 1.807) is 12.1 Å². The molecule has 0 bridgehead atoms. The van der Waals surface area contributed by atoms with Gasteiger partial charge in [-0.05, 0) is 56.5 Å². The molecule has 0 radical (unpaired) electrons. The number of aryl methyl sites for hydroxylation is 1. The molecule has 4 heterocycles. The molecule has 1 aliphatic rings. The highest BCUT2D eigenvalue weighted by molar-refractivity contribution is 6.00. The first kappa shape index (κ1) is 30.6. The van der Waals surface area contributed by atoms with Gasteiger partial charge in [-0.1, -0.05) is 18.2 Å². The van der Waals surface area contributed by atoms with Crippen LogP contribution in [-0.2, 0) is 0 Å². The summed E-state index contributed by atoms with van der Waals surface area (Å²) in [6.45, 7) is 6.04. The third kappa shape index (κ3) is 5.96. The van der Waals surface area contributed by atoms with Crippen molar-refractivity contribution in [1.29, 1.82) is 0 Å². The average molecular weight is 584 g/mol. The van der Waals surface area contributed by atoms with Crippen LogP contribution in [0.4, 0.5) is 13.2 Å². The van der Waals surface area contributed by atoms with Crippen LogP contribution in [0.25, 0.3) is 28.1 Å². The number of pyridine rings is 2. The number of fused-ring (bicyclic) bond motifs is 2. The Balaban J connectivity index is 0.00000210. The third-order valence-electron chi connectivity index (χ3n) is 6.68. The second-order valence-electron chi connectivity index (χ2n) is 9.84. The number of rotatable bonds is 5. The van der Waals surface area contributed by atoms with Gasteiger partial charge in [-0.2, -0.15) is 13.2 Å². The van der Waals surface area contributed by atoms with Crippen molar-refractivity contribution in [2.45, 2.75) is 51.5 Å². The van der Waals surface area contributed by atoms with E-state index in [-0.39, 0.29) is 61.5 Å². The Bertz CT molecular complexity index is 1490. The number of hydrogen-bond donors (Lipinski definition) is 2. The van der Waals surface area contributed by atoms with Gasteiger partial charge in [0.15, 0.2) is 11.5 Å². The molecule has 0 spiro atoms. The molecule has 1 unspecified atom stereocenters. The van der Waals surface area contributed by atoms with Crippen LogP contribution in [0.15, 0.2) is 42.6 Å². The Morgan fingerprint density at radius 3 is 2.46 bits per heavy atom. The van der Waals surface area contributed by atoms with Gasteiger partial charge in [0.1, 0.15) is 11.7 Å². The monoisotopic (exact) mass is 583 g/mol. The Labute approximate surface area is 236 Å². The van der Waals surface area contributed by atoms with Crippen molar-refractivity contribution >= 4 is 47.3 Å². The first-order valence-corrected chi connectivity index (χ1v) is 12.2. The molecule has 210 valence electrons. The zero-order chi connectivity index (χ0) is 26.5. The first-order chi connectivity index (χ1) is 17.5. The number of hydrogen-bond acceptors (Lipinski definition) is 6. The van der Waals surface area contributed by atoms with E-state index in [0.29, 0.717) is 40.2 Å². The minimum Gasteiger partial charge on any atom is -0.350 e. The quantitative estimate of drug-likeness (QED) is 0.347. The zero-order valence-corrected chi connectivity index (χ0v) is 23.2. The number of likely N-dealkylation sites (tertiary alicyclic amines) is 1. The van der Waals surface area contributed by atoms with Crippen LogP contribution in [0.2, 0.25) is 0 Å². The second kappa shape index (κ2) is 11.6. The van der Waals surface area contributed by atoms with E-state index >= 15 is 0 Å². The minimum absolute atomic E-state index is 0. The molecule has 1 aromatic carbocycles. The second-order valence-corrected chi connectivity index (χ2v) is 9.84. The molecule has 13 heteroatoms. The summed E-state index contributed by atoms with van der Waals surface area (Å²) >= 11 is 0. The van der Waals surface area contributed by atoms with Crippen molar-refractivity contribution in [3.8, 4) is 11.5 Å². The van der Waals surface area contributed by atoms with E-state index in [1.807, 2.05) is 32.9 Å². The predicted octanol–water partition coefficient (Wildman–Crippen LogP) is 4.87. The molecule has 1 amide bonds. The Hall–Kier alpha value is -2.99. The standard InChI is InChI=1S/C26H28F3N7O.2ClH/c1-14(2)31-25(37)19-7-4-16-5-8-20(32-22(16)15(19)3)24-34-33-21-9-6-17(12-36(21)24)23(26(27,28)29)35-11-10-18(30)13-35;;/h4-9,12,14,18,23H,10-11,13,30H2,1-3H3,(H,31,37);2*1H/t18?,23-;;/m1../s1. The van der Waals surface area contributed by atoms with Crippen LogP contribution >= 0.6 is 24.8 Å². The first-order valence-electron chi connectivity index (χ1n) is 12.2. The summed E-state index contributed by atoms with van der Waals surface area (Å²) in [7, 11) is 0. The van der Waals surface area contributed by atoms with Crippen molar-refractivity contribution in [1.82, 2.24) is 29.8 Å². The lowest BCUT2D eigenvalue weighted by Gasteiger charge is -2.30. The fourth-order valence-electron chi connectivity index (χ4n) is 4.94. The minimum atomic E-state index is -4.48. The molecule has 3 aromatic heterocycles. The Morgan fingerprint density at radius 1 is 1.10 bits per heavy atom. The van der Waals surface area contributed by atoms with Crippen molar-refractivity contribution in [3.05, 3.63) is 59.3 Å². The fourth-order valence-corrected chi connectivity index (χ4v) is 4.94. The van der Waals surface area contributed by atoms with Crippen molar-refractivity contribution in [3.63, 3.8) is 0 Å². The van der Waals surface area contributed by atoms with E-state index in [1.165, 1.54) is 27.6 Å². The number of carbonyl (C=O) groups excluding carboxylic acids is 1. The van der Waals surface area contributed by atoms with E-state index in [2.05, 4.69) is 15.5 Å². The summed E-state index contributed by atoms with van der Waals surface area (Å²) in [5.41, 5.74) is 8.65. The van der Waals surface area contributed by atoms with Gasteiger partial charge >= 0.3 is 6.18 Å². The molecule has 0 saturated carbocycles. The van der Waals surface area contributed by atoms with Crippen LogP contribution in [0.5, 0.6) is 0 Å². The van der Waals surface area contributed by atoms with E-state index in [0.717, 1.165) is 5.39 Å². The topological polar surface area (TPSA) is 101 Å². The third-order valence-corrected chi connectivity index (χ3v) is 6.68. The predicted molar refractivity (Wildman–Crippen MR) is 149 cm³/mol. The normalized spacial score (nSPS) is 16.8. The largest absolute Gasteiger partial charge is 0.408 e. The van der Waals surface area contributed by atoms with Gasteiger partial charge in [-0.25, -0.2) is 4.98 Å². The van der Waals surface area contributed by atoms with Crippen molar-refractivity contribution < 1.29 is 18.0 Å². The lowest BCUT2D eigenvalue weighted by Crippen LogP contribution is -2.38. The highest BCUT2D eigenvalue weighted by atomic mass is 35.5. The van der Waals surface area contributed by atoms with E-state index in [4.69, 9.17) is 10.7 Å². The average Bonchev–Trinajstić information content (AvgIpc) is 3.44. The van der Waals surface area contributed by atoms with Crippen LogP contribution in [0, 0.1) is 6.92 Å². The summed E-state index contributed by atoms with van der Waals surface area (Å²) < 4.78 is 44.0.